The maximum Gasteiger partial charge on any atom is 0.266 e. The van der Waals surface area contributed by atoms with Crippen LogP contribution in [0.3, 0.4) is 0 Å². The molecule has 2 aromatic carbocycles. The minimum atomic E-state index is -1.25. The summed E-state index contributed by atoms with van der Waals surface area (Å²) in [7, 11) is 0. The highest BCUT2D eigenvalue weighted by Gasteiger charge is 2.31. The number of hydrogen-bond acceptors (Lipinski definition) is 5. The molecule has 0 aromatic heterocycles. The quantitative estimate of drug-likeness (QED) is 0.623. The van der Waals surface area contributed by atoms with Crippen molar-refractivity contribution in [2.45, 2.75) is 6.54 Å². The van der Waals surface area contributed by atoms with Crippen LogP contribution in [0.1, 0.15) is 21.5 Å². The number of carbonyl (C=O) groups excluding carboxylic acids is 2. The van der Waals surface area contributed by atoms with Crippen LogP contribution in [0.25, 0.3) is 6.08 Å². The van der Waals surface area contributed by atoms with Gasteiger partial charge in [-0.15, -0.1) is 0 Å². The molecule has 3 rings (SSSR count). The third-order valence-electron chi connectivity index (χ3n) is 3.48. The van der Waals surface area contributed by atoms with E-state index in [1.807, 2.05) is 30.3 Å². The Balaban J connectivity index is 1.83. The molecule has 24 heavy (non-hydrogen) atoms. The third-order valence-corrected chi connectivity index (χ3v) is 4.85. The van der Waals surface area contributed by atoms with Crippen LogP contribution in [0.2, 0.25) is 0 Å². The first-order chi connectivity index (χ1) is 11.5. The molecule has 1 aliphatic heterocycles. The zero-order valence-corrected chi connectivity index (χ0v) is 14.1. The summed E-state index contributed by atoms with van der Waals surface area (Å²) in [6.45, 7) is 0.419. The Labute approximate surface area is 148 Å². The van der Waals surface area contributed by atoms with Crippen LogP contribution in [-0.4, -0.2) is 21.1 Å². The monoisotopic (exact) mass is 354 g/mol. The Hall–Kier alpha value is -2.44. The van der Waals surface area contributed by atoms with Gasteiger partial charge in [0.1, 0.15) is 4.32 Å². The maximum atomic E-state index is 12.6. The summed E-state index contributed by atoms with van der Waals surface area (Å²) in [5.74, 6) is -1.42. The van der Waals surface area contributed by atoms with Gasteiger partial charge < -0.3 is 9.90 Å². The Morgan fingerprint density at radius 1 is 1.17 bits per heavy atom. The van der Waals surface area contributed by atoms with E-state index in [4.69, 9.17) is 12.2 Å². The van der Waals surface area contributed by atoms with Gasteiger partial charge >= 0.3 is 0 Å². The molecule has 6 heteroatoms. The van der Waals surface area contributed by atoms with Gasteiger partial charge in [-0.25, -0.2) is 0 Å². The Kier molecular flexibility index (Phi) is 4.78. The number of thiocarbonyl (C=S) groups is 1. The number of aromatic carboxylic acids is 1. The van der Waals surface area contributed by atoms with Crippen molar-refractivity contribution in [2.75, 3.05) is 0 Å². The van der Waals surface area contributed by atoms with Crippen LogP contribution in [0.15, 0.2) is 59.5 Å². The molecule has 0 aliphatic carbocycles. The first-order valence-corrected chi connectivity index (χ1v) is 8.38. The molecular weight excluding hydrogens is 342 g/mol. The van der Waals surface area contributed by atoms with Crippen molar-refractivity contribution in [1.82, 2.24) is 4.90 Å². The van der Waals surface area contributed by atoms with Crippen molar-refractivity contribution in [3.8, 4) is 0 Å². The lowest BCUT2D eigenvalue weighted by Gasteiger charge is -2.14. The number of carboxylic acid groups (broad SMARTS) is 1. The van der Waals surface area contributed by atoms with E-state index in [1.54, 1.807) is 23.1 Å². The van der Waals surface area contributed by atoms with Crippen LogP contribution in [0, 0.1) is 0 Å². The lowest BCUT2D eigenvalue weighted by Crippen LogP contribution is -2.27. The summed E-state index contributed by atoms with van der Waals surface area (Å²) in [5, 5.41) is 10.9. The molecule has 2 aromatic rings. The van der Waals surface area contributed by atoms with Gasteiger partial charge in [-0.3, -0.25) is 9.69 Å². The van der Waals surface area contributed by atoms with Gasteiger partial charge in [0.25, 0.3) is 5.91 Å². The number of benzene rings is 2. The molecule has 1 aliphatic rings. The van der Waals surface area contributed by atoms with E-state index < -0.39 is 5.97 Å². The van der Waals surface area contributed by atoms with Crippen LogP contribution in [-0.2, 0) is 11.3 Å². The molecule has 0 unspecified atom stereocenters. The highest BCUT2D eigenvalue weighted by atomic mass is 32.2. The van der Waals surface area contributed by atoms with Gasteiger partial charge in [0, 0.05) is 0 Å². The van der Waals surface area contributed by atoms with E-state index in [0.29, 0.717) is 21.3 Å². The molecule has 0 atom stereocenters. The predicted octanol–water partition coefficient (Wildman–Crippen LogP) is 2.45. The zero-order chi connectivity index (χ0) is 17.1. The number of thioether (sulfide) groups is 1. The summed E-state index contributed by atoms with van der Waals surface area (Å²) < 4.78 is 0.492. The SMILES string of the molecule is O=C([O-])c1cccc(/C=C2/SC(=S)N(Cc3ccccc3)C2=O)c1. The van der Waals surface area contributed by atoms with Gasteiger partial charge in [0.15, 0.2) is 0 Å². The number of nitrogens with zero attached hydrogens (tertiary/aromatic N) is 1. The second-order valence-electron chi connectivity index (χ2n) is 5.17. The smallest absolute Gasteiger partial charge is 0.266 e. The van der Waals surface area contributed by atoms with Crippen LogP contribution >= 0.6 is 24.0 Å². The van der Waals surface area contributed by atoms with Gasteiger partial charge in [-0.05, 0) is 28.8 Å². The van der Waals surface area contributed by atoms with Crippen molar-refractivity contribution in [2.24, 2.45) is 0 Å². The van der Waals surface area contributed by atoms with Gasteiger partial charge in [0.2, 0.25) is 0 Å². The lowest BCUT2D eigenvalue weighted by molar-refractivity contribution is -0.255. The van der Waals surface area contributed by atoms with Crippen molar-refractivity contribution in [3.63, 3.8) is 0 Å². The van der Waals surface area contributed by atoms with E-state index >= 15 is 0 Å². The fourth-order valence-corrected chi connectivity index (χ4v) is 3.56. The molecule has 1 amide bonds. The molecular formula is C18H12NO3S2-. The molecule has 120 valence electrons. The maximum absolute atomic E-state index is 12.6. The largest absolute Gasteiger partial charge is 0.545 e. The summed E-state index contributed by atoms with van der Waals surface area (Å²) in [4.78, 5) is 25.5. The molecule has 0 saturated carbocycles. The third kappa shape index (κ3) is 3.55. The topological polar surface area (TPSA) is 60.4 Å². The van der Waals surface area contributed by atoms with Crippen LogP contribution in [0.5, 0.6) is 0 Å². The van der Waals surface area contributed by atoms with Gasteiger partial charge in [0.05, 0.1) is 17.4 Å². The second kappa shape index (κ2) is 6.98. The Bertz CT molecular complexity index is 846. The fraction of sp³-hybridized carbons (Fsp3) is 0.0556. The summed E-state index contributed by atoms with van der Waals surface area (Å²) in [5.41, 5.74) is 1.69. The molecule has 1 saturated heterocycles. The molecule has 1 fully saturated rings. The number of rotatable bonds is 4. The van der Waals surface area contributed by atoms with Crippen molar-refractivity contribution >= 4 is 46.3 Å². The lowest BCUT2D eigenvalue weighted by atomic mass is 10.1. The van der Waals surface area contributed by atoms with E-state index in [-0.39, 0.29) is 11.5 Å². The standard InChI is InChI=1S/C18H13NO3S2/c20-16-15(10-13-7-4-8-14(9-13)17(21)22)24-18(23)19(16)11-12-5-2-1-3-6-12/h1-10H,11H2,(H,21,22)/p-1/b15-10+. The average Bonchev–Trinajstić information content (AvgIpc) is 2.83. The molecule has 0 spiro atoms. The van der Waals surface area contributed by atoms with Gasteiger partial charge in [-0.1, -0.05) is 72.5 Å². The van der Waals surface area contributed by atoms with E-state index in [0.717, 1.165) is 5.56 Å². The number of carboxylic acids is 1. The summed E-state index contributed by atoms with van der Waals surface area (Å²) in [6, 6.07) is 15.9. The second-order valence-corrected chi connectivity index (χ2v) is 6.84. The normalized spacial score (nSPS) is 16.0. The molecule has 1 heterocycles. The van der Waals surface area contributed by atoms with E-state index in [1.165, 1.54) is 23.9 Å². The van der Waals surface area contributed by atoms with E-state index in [2.05, 4.69) is 0 Å². The summed E-state index contributed by atoms with van der Waals surface area (Å²) in [6.07, 6.45) is 1.65. The highest BCUT2D eigenvalue weighted by Crippen LogP contribution is 2.33. The Morgan fingerprint density at radius 3 is 2.62 bits per heavy atom. The van der Waals surface area contributed by atoms with Crippen molar-refractivity contribution in [1.29, 1.82) is 0 Å². The highest BCUT2D eigenvalue weighted by molar-refractivity contribution is 8.26. The number of amides is 1. The Morgan fingerprint density at radius 2 is 1.92 bits per heavy atom. The molecule has 0 bridgehead atoms. The first kappa shape index (κ1) is 16.4. The molecule has 4 nitrogen and oxygen atoms in total. The minimum Gasteiger partial charge on any atom is -0.545 e. The van der Waals surface area contributed by atoms with Crippen LogP contribution < -0.4 is 5.11 Å². The number of hydrogen-bond donors (Lipinski definition) is 0. The average molecular weight is 354 g/mol. The summed E-state index contributed by atoms with van der Waals surface area (Å²) >= 11 is 6.52. The minimum absolute atomic E-state index is 0.0727. The zero-order valence-electron chi connectivity index (χ0n) is 12.5. The van der Waals surface area contributed by atoms with E-state index in [9.17, 15) is 14.7 Å². The predicted molar refractivity (Wildman–Crippen MR) is 95.9 cm³/mol. The van der Waals surface area contributed by atoms with Gasteiger partial charge in [-0.2, -0.15) is 0 Å². The molecule has 0 N–H and O–H groups in total. The first-order valence-electron chi connectivity index (χ1n) is 7.15. The van der Waals surface area contributed by atoms with Crippen molar-refractivity contribution in [3.05, 3.63) is 76.2 Å². The number of carbonyl (C=O) groups is 2. The molecule has 0 radical (unpaired) electrons. The van der Waals surface area contributed by atoms with Crippen LogP contribution in [0.4, 0.5) is 0 Å². The fourth-order valence-electron chi connectivity index (χ4n) is 2.31. The van der Waals surface area contributed by atoms with Crippen molar-refractivity contribution < 1.29 is 14.7 Å².